The summed E-state index contributed by atoms with van der Waals surface area (Å²) in [4.78, 5) is 12.6. The van der Waals surface area contributed by atoms with Gasteiger partial charge in [-0.2, -0.15) is 8.78 Å². The SMILES string of the molecule is CCOc1ccc(-c2ccc(OC(=O)C3CC=C(c4ccc(C(C)O)c(F)c4F)CC3)c(F)c2F)c(F)c1F. The van der Waals surface area contributed by atoms with Crippen molar-refractivity contribution in [2.45, 2.75) is 39.2 Å². The molecule has 3 aromatic carbocycles. The van der Waals surface area contributed by atoms with Crippen LogP contribution in [0.2, 0.25) is 0 Å². The van der Waals surface area contributed by atoms with Crippen molar-refractivity contribution in [3.63, 3.8) is 0 Å². The lowest BCUT2D eigenvalue weighted by molar-refractivity contribution is -0.139. The first-order chi connectivity index (χ1) is 18.5. The number of carbonyl (C=O) groups is 1. The second-order valence-electron chi connectivity index (χ2n) is 9.04. The summed E-state index contributed by atoms with van der Waals surface area (Å²) < 4.78 is 97.1. The van der Waals surface area contributed by atoms with E-state index in [0.717, 1.165) is 24.3 Å². The molecule has 4 nitrogen and oxygen atoms in total. The number of allylic oxidation sites excluding steroid dienone is 2. The molecule has 0 heterocycles. The largest absolute Gasteiger partial charge is 0.491 e. The molecule has 0 radical (unpaired) electrons. The average molecular weight is 550 g/mol. The number of hydrogen-bond acceptors (Lipinski definition) is 4. The van der Waals surface area contributed by atoms with Gasteiger partial charge in [0.15, 0.2) is 34.8 Å². The van der Waals surface area contributed by atoms with E-state index in [-0.39, 0.29) is 42.7 Å². The molecule has 0 spiro atoms. The fraction of sp³-hybridized carbons (Fsp3) is 0.276. The van der Waals surface area contributed by atoms with E-state index >= 15 is 0 Å². The van der Waals surface area contributed by atoms with Crippen LogP contribution < -0.4 is 9.47 Å². The molecule has 2 unspecified atom stereocenters. The van der Waals surface area contributed by atoms with Crippen LogP contribution in [-0.4, -0.2) is 17.7 Å². The van der Waals surface area contributed by atoms with E-state index < -0.39 is 69.8 Å². The van der Waals surface area contributed by atoms with Crippen molar-refractivity contribution in [1.82, 2.24) is 0 Å². The van der Waals surface area contributed by atoms with Crippen molar-refractivity contribution in [1.29, 1.82) is 0 Å². The second-order valence-corrected chi connectivity index (χ2v) is 9.04. The molecule has 0 saturated heterocycles. The Labute approximate surface area is 220 Å². The van der Waals surface area contributed by atoms with Gasteiger partial charge in [0.1, 0.15) is 0 Å². The van der Waals surface area contributed by atoms with Gasteiger partial charge in [-0.15, -0.1) is 0 Å². The first-order valence-corrected chi connectivity index (χ1v) is 12.2. The van der Waals surface area contributed by atoms with Crippen molar-refractivity contribution in [2.75, 3.05) is 6.61 Å². The van der Waals surface area contributed by atoms with E-state index in [9.17, 15) is 36.2 Å². The maximum Gasteiger partial charge on any atom is 0.314 e. The fourth-order valence-corrected chi connectivity index (χ4v) is 4.44. The van der Waals surface area contributed by atoms with Crippen LogP contribution in [0.3, 0.4) is 0 Å². The maximum atomic E-state index is 14.8. The van der Waals surface area contributed by atoms with E-state index in [0.29, 0.717) is 5.57 Å². The van der Waals surface area contributed by atoms with E-state index in [1.165, 1.54) is 19.1 Å². The molecule has 0 amide bonds. The van der Waals surface area contributed by atoms with E-state index in [1.54, 1.807) is 13.0 Å². The number of halogens is 6. The van der Waals surface area contributed by atoms with Crippen molar-refractivity contribution < 1.29 is 45.7 Å². The number of hydrogen-bond donors (Lipinski definition) is 1. The smallest absolute Gasteiger partial charge is 0.314 e. The fourth-order valence-electron chi connectivity index (χ4n) is 4.44. The molecule has 0 aromatic heterocycles. The zero-order valence-electron chi connectivity index (χ0n) is 21.0. The lowest BCUT2D eigenvalue weighted by Gasteiger charge is -2.22. The highest BCUT2D eigenvalue weighted by Crippen LogP contribution is 2.37. The summed E-state index contributed by atoms with van der Waals surface area (Å²) in [5, 5.41) is 9.55. The minimum atomic E-state index is -1.56. The predicted molar refractivity (Wildman–Crippen MR) is 131 cm³/mol. The van der Waals surface area contributed by atoms with Crippen LogP contribution >= 0.6 is 0 Å². The Morgan fingerprint density at radius 3 is 1.97 bits per heavy atom. The Morgan fingerprint density at radius 1 is 0.846 bits per heavy atom. The summed E-state index contributed by atoms with van der Waals surface area (Å²) in [6.07, 6.45) is 0.782. The molecule has 206 valence electrons. The van der Waals surface area contributed by atoms with Crippen LogP contribution in [0.5, 0.6) is 11.5 Å². The summed E-state index contributed by atoms with van der Waals surface area (Å²) in [6.45, 7) is 2.96. The Kier molecular flexibility index (Phi) is 8.34. The normalized spacial score (nSPS) is 16.0. The van der Waals surface area contributed by atoms with Crippen LogP contribution in [0.4, 0.5) is 26.3 Å². The zero-order valence-corrected chi connectivity index (χ0v) is 21.0. The molecule has 0 bridgehead atoms. The molecule has 10 heteroatoms. The van der Waals surface area contributed by atoms with Crippen LogP contribution in [0.15, 0.2) is 42.5 Å². The molecule has 4 rings (SSSR count). The zero-order chi connectivity index (χ0) is 28.4. The summed E-state index contributed by atoms with van der Waals surface area (Å²) in [5.74, 6) is -10.9. The minimum Gasteiger partial charge on any atom is -0.491 e. The molecular formula is C29H24F6O4. The van der Waals surface area contributed by atoms with Gasteiger partial charge in [-0.05, 0) is 62.9 Å². The summed E-state index contributed by atoms with van der Waals surface area (Å²) in [7, 11) is 0. The predicted octanol–water partition coefficient (Wildman–Crippen LogP) is 7.43. The Balaban J connectivity index is 1.50. The van der Waals surface area contributed by atoms with Gasteiger partial charge in [0, 0.05) is 22.3 Å². The Hall–Kier alpha value is -3.79. The topological polar surface area (TPSA) is 55.8 Å². The number of aliphatic hydroxyl groups is 1. The minimum absolute atomic E-state index is 0.00498. The van der Waals surface area contributed by atoms with Gasteiger partial charge >= 0.3 is 5.97 Å². The number of rotatable bonds is 7. The van der Waals surface area contributed by atoms with Crippen molar-refractivity contribution in [3.8, 4) is 22.6 Å². The third-order valence-corrected chi connectivity index (χ3v) is 6.55. The first-order valence-electron chi connectivity index (χ1n) is 12.2. The van der Waals surface area contributed by atoms with Gasteiger partial charge in [0.25, 0.3) is 0 Å². The Bertz CT molecular complexity index is 1450. The number of carbonyl (C=O) groups excluding carboxylic acids is 1. The van der Waals surface area contributed by atoms with Gasteiger partial charge < -0.3 is 14.6 Å². The number of esters is 1. The highest BCUT2D eigenvalue weighted by molar-refractivity contribution is 5.78. The third-order valence-electron chi connectivity index (χ3n) is 6.55. The van der Waals surface area contributed by atoms with Crippen molar-refractivity contribution >= 4 is 11.5 Å². The average Bonchev–Trinajstić information content (AvgIpc) is 2.91. The third kappa shape index (κ3) is 5.52. The molecule has 0 fully saturated rings. The standard InChI is InChI=1S/C29H24F6O4/c1-3-38-21-12-10-19(25(32)27(21)34)20-11-13-22(28(35)26(20)33)39-29(37)16-6-4-15(5-7-16)18-9-8-17(14(2)36)23(30)24(18)31/h4,8-14,16,36H,3,5-7H2,1-2H3. The first kappa shape index (κ1) is 28.2. The van der Waals surface area contributed by atoms with Gasteiger partial charge in [-0.25, -0.2) is 17.6 Å². The summed E-state index contributed by atoms with van der Waals surface area (Å²) in [6, 6.07) is 6.68. The van der Waals surface area contributed by atoms with E-state index in [1.807, 2.05) is 0 Å². The van der Waals surface area contributed by atoms with Gasteiger partial charge in [-0.1, -0.05) is 18.2 Å². The van der Waals surface area contributed by atoms with Crippen LogP contribution in [0.25, 0.3) is 16.7 Å². The molecule has 2 atom stereocenters. The van der Waals surface area contributed by atoms with Crippen LogP contribution in [0, 0.1) is 40.8 Å². The van der Waals surface area contributed by atoms with Crippen molar-refractivity contribution in [2.24, 2.45) is 5.92 Å². The molecule has 0 saturated carbocycles. The molecule has 0 aliphatic heterocycles. The maximum absolute atomic E-state index is 14.8. The lowest BCUT2D eigenvalue weighted by Crippen LogP contribution is -2.23. The highest BCUT2D eigenvalue weighted by atomic mass is 19.2. The quantitative estimate of drug-likeness (QED) is 0.189. The second kappa shape index (κ2) is 11.5. The molecule has 39 heavy (non-hydrogen) atoms. The summed E-state index contributed by atoms with van der Waals surface area (Å²) >= 11 is 0. The van der Waals surface area contributed by atoms with Crippen LogP contribution in [0.1, 0.15) is 50.3 Å². The molecule has 3 aromatic rings. The number of ether oxygens (including phenoxy) is 2. The van der Waals surface area contributed by atoms with Crippen molar-refractivity contribution in [3.05, 3.63) is 88.5 Å². The number of benzene rings is 3. The van der Waals surface area contributed by atoms with Gasteiger partial charge in [0.2, 0.25) is 11.6 Å². The highest BCUT2D eigenvalue weighted by Gasteiger charge is 2.28. The monoisotopic (exact) mass is 550 g/mol. The van der Waals surface area contributed by atoms with Gasteiger partial charge in [-0.3, -0.25) is 4.79 Å². The van der Waals surface area contributed by atoms with E-state index in [4.69, 9.17) is 9.47 Å². The molecule has 1 N–H and O–H groups in total. The van der Waals surface area contributed by atoms with E-state index in [2.05, 4.69) is 0 Å². The Morgan fingerprint density at radius 2 is 1.41 bits per heavy atom. The van der Waals surface area contributed by atoms with Gasteiger partial charge in [0.05, 0.1) is 18.6 Å². The molecule has 1 aliphatic rings. The lowest BCUT2D eigenvalue weighted by atomic mass is 9.86. The van der Waals surface area contributed by atoms with Crippen LogP contribution in [-0.2, 0) is 4.79 Å². The molecule has 1 aliphatic carbocycles. The molecular weight excluding hydrogens is 526 g/mol. The number of aliphatic hydroxyl groups excluding tert-OH is 1. The summed E-state index contributed by atoms with van der Waals surface area (Å²) in [5.41, 5.74) is -0.831.